The van der Waals surface area contributed by atoms with Gasteiger partial charge in [0, 0.05) is 12.1 Å². The number of hydrogen-bond acceptors (Lipinski definition) is 3. The number of carbonyl (C=O) groups is 1. The van der Waals surface area contributed by atoms with Crippen molar-refractivity contribution in [2.75, 3.05) is 6.61 Å². The summed E-state index contributed by atoms with van der Waals surface area (Å²) in [5, 5.41) is 7.48. The zero-order valence-corrected chi connectivity index (χ0v) is 12.8. The second-order valence-electron chi connectivity index (χ2n) is 5.50. The Bertz CT molecular complexity index is 631. The van der Waals surface area contributed by atoms with Crippen LogP contribution in [0.25, 0.3) is 5.69 Å². The molecule has 1 heterocycles. The Labute approximate surface area is 130 Å². The van der Waals surface area contributed by atoms with Gasteiger partial charge in [-0.2, -0.15) is 5.10 Å². The molecule has 0 spiro atoms. The van der Waals surface area contributed by atoms with Crippen LogP contribution >= 0.6 is 0 Å². The SMILES string of the molecule is CCOc1cc(C(=O)NC2CCCC2)nn1-c1ccccc1. The summed E-state index contributed by atoms with van der Waals surface area (Å²) < 4.78 is 7.29. The number of rotatable bonds is 5. The Hall–Kier alpha value is -2.30. The van der Waals surface area contributed by atoms with Gasteiger partial charge in [0.2, 0.25) is 5.88 Å². The molecular formula is C17H21N3O2. The number of aromatic nitrogens is 2. The van der Waals surface area contributed by atoms with Gasteiger partial charge in [0.05, 0.1) is 12.3 Å². The maximum atomic E-state index is 12.4. The summed E-state index contributed by atoms with van der Waals surface area (Å²) in [5.74, 6) is 0.466. The lowest BCUT2D eigenvalue weighted by Gasteiger charge is -2.09. The molecule has 1 fully saturated rings. The van der Waals surface area contributed by atoms with E-state index in [1.54, 1.807) is 10.7 Å². The van der Waals surface area contributed by atoms with Gasteiger partial charge in [0.1, 0.15) is 0 Å². The van der Waals surface area contributed by atoms with E-state index in [4.69, 9.17) is 4.74 Å². The first-order valence-corrected chi connectivity index (χ1v) is 7.87. The van der Waals surface area contributed by atoms with Gasteiger partial charge in [-0.15, -0.1) is 0 Å². The van der Waals surface area contributed by atoms with Crippen molar-refractivity contribution >= 4 is 5.91 Å². The molecule has 1 N–H and O–H groups in total. The van der Waals surface area contributed by atoms with E-state index in [0.717, 1.165) is 18.5 Å². The number of para-hydroxylation sites is 1. The van der Waals surface area contributed by atoms with Crippen LogP contribution in [0.3, 0.4) is 0 Å². The van der Waals surface area contributed by atoms with E-state index in [-0.39, 0.29) is 11.9 Å². The lowest BCUT2D eigenvalue weighted by Crippen LogP contribution is -2.32. The normalized spacial score (nSPS) is 15.0. The molecule has 0 atom stereocenters. The van der Waals surface area contributed by atoms with E-state index < -0.39 is 0 Å². The quantitative estimate of drug-likeness (QED) is 0.923. The lowest BCUT2D eigenvalue weighted by atomic mass is 10.2. The third-order valence-electron chi connectivity index (χ3n) is 3.89. The predicted octanol–water partition coefficient (Wildman–Crippen LogP) is 2.94. The van der Waals surface area contributed by atoms with Crippen LogP contribution in [0.2, 0.25) is 0 Å². The summed E-state index contributed by atoms with van der Waals surface area (Å²) in [5.41, 5.74) is 1.28. The molecule has 0 saturated heterocycles. The fourth-order valence-electron chi connectivity index (χ4n) is 2.81. The number of hydrogen-bond donors (Lipinski definition) is 1. The Kier molecular flexibility index (Phi) is 4.42. The topological polar surface area (TPSA) is 56.1 Å². The van der Waals surface area contributed by atoms with E-state index in [1.807, 2.05) is 37.3 Å². The molecule has 22 heavy (non-hydrogen) atoms. The summed E-state index contributed by atoms with van der Waals surface area (Å²) in [7, 11) is 0. The maximum absolute atomic E-state index is 12.4. The number of nitrogens with zero attached hydrogens (tertiary/aromatic N) is 2. The molecular weight excluding hydrogens is 278 g/mol. The molecule has 5 heteroatoms. The fraction of sp³-hybridized carbons (Fsp3) is 0.412. The van der Waals surface area contributed by atoms with Crippen molar-refractivity contribution in [1.82, 2.24) is 15.1 Å². The van der Waals surface area contributed by atoms with Crippen molar-refractivity contribution in [3.63, 3.8) is 0 Å². The summed E-state index contributed by atoms with van der Waals surface area (Å²) in [6.07, 6.45) is 4.49. The molecule has 1 saturated carbocycles. The highest BCUT2D eigenvalue weighted by Gasteiger charge is 2.21. The van der Waals surface area contributed by atoms with Gasteiger partial charge in [-0.1, -0.05) is 31.0 Å². The van der Waals surface area contributed by atoms with Gasteiger partial charge in [-0.05, 0) is 31.9 Å². The average Bonchev–Trinajstić information content (AvgIpc) is 3.18. The highest BCUT2D eigenvalue weighted by atomic mass is 16.5. The van der Waals surface area contributed by atoms with Crippen molar-refractivity contribution in [3.05, 3.63) is 42.1 Å². The van der Waals surface area contributed by atoms with E-state index in [1.165, 1.54) is 12.8 Å². The summed E-state index contributed by atoms with van der Waals surface area (Å²) >= 11 is 0. The van der Waals surface area contributed by atoms with Crippen LogP contribution in [-0.2, 0) is 0 Å². The van der Waals surface area contributed by atoms with Gasteiger partial charge in [-0.3, -0.25) is 4.79 Å². The van der Waals surface area contributed by atoms with Crippen molar-refractivity contribution < 1.29 is 9.53 Å². The van der Waals surface area contributed by atoms with Crippen LogP contribution in [0.5, 0.6) is 5.88 Å². The summed E-state index contributed by atoms with van der Waals surface area (Å²) in [6.45, 7) is 2.45. The largest absolute Gasteiger partial charge is 0.478 e. The second-order valence-corrected chi connectivity index (χ2v) is 5.50. The lowest BCUT2D eigenvalue weighted by molar-refractivity contribution is 0.0932. The zero-order valence-electron chi connectivity index (χ0n) is 12.8. The Morgan fingerprint density at radius 3 is 2.73 bits per heavy atom. The maximum Gasteiger partial charge on any atom is 0.272 e. The number of ether oxygens (including phenoxy) is 1. The molecule has 0 unspecified atom stereocenters. The molecule has 1 aliphatic carbocycles. The van der Waals surface area contributed by atoms with Gasteiger partial charge in [-0.25, -0.2) is 4.68 Å². The molecule has 3 rings (SSSR count). The molecule has 0 radical (unpaired) electrons. The number of benzene rings is 1. The minimum absolute atomic E-state index is 0.123. The molecule has 0 bridgehead atoms. The van der Waals surface area contributed by atoms with Gasteiger partial charge >= 0.3 is 0 Å². The van der Waals surface area contributed by atoms with Crippen LogP contribution < -0.4 is 10.1 Å². The van der Waals surface area contributed by atoms with Crippen molar-refractivity contribution in [3.8, 4) is 11.6 Å². The monoisotopic (exact) mass is 299 g/mol. The van der Waals surface area contributed by atoms with Crippen LogP contribution in [0, 0.1) is 0 Å². The zero-order chi connectivity index (χ0) is 15.4. The van der Waals surface area contributed by atoms with Gasteiger partial charge in [0.15, 0.2) is 5.69 Å². The van der Waals surface area contributed by atoms with Crippen molar-refractivity contribution in [1.29, 1.82) is 0 Å². The Balaban J connectivity index is 1.84. The summed E-state index contributed by atoms with van der Waals surface area (Å²) in [6, 6.07) is 11.7. The summed E-state index contributed by atoms with van der Waals surface area (Å²) in [4.78, 5) is 12.4. The van der Waals surface area contributed by atoms with Gasteiger partial charge in [0.25, 0.3) is 5.91 Å². The minimum atomic E-state index is -0.123. The highest BCUT2D eigenvalue weighted by molar-refractivity contribution is 5.92. The third-order valence-corrected chi connectivity index (χ3v) is 3.89. The Morgan fingerprint density at radius 2 is 2.05 bits per heavy atom. The van der Waals surface area contributed by atoms with E-state index in [9.17, 15) is 4.79 Å². The predicted molar refractivity (Wildman–Crippen MR) is 84.5 cm³/mol. The third kappa shape index (κ3) is 3.13. The molecule has 1 amide bonds. The van der Waals surface area contributed by atoms with Crippen LogP contribution in [0.15, 0.2) is 36.4 Å². The van der Waals surface area contributed by atoms with Crippen LogP contribution in [0.4, 0.5) is 0 Å². The minimum Gasteiger partial charge on any atom is -0.478 e. The fourth-order valence-corrected chi connectivity index (χ4v) is 2.81. The smallest absolute Gasteiger partial charge is 0.272 e. The number of amides is 1. The van der Waals surface area contributed by atoms with E-state index in [0.29, 0.717) is 18.2 Å². The van der Waals surface area contributed by atoms with Gasteiger partial charge < -0.3 is 10.1 Å². The number of carbonyl (C=O) groups excluding carboxylic acids is 1. The first kappa shape index (κ1) is 14.6. The van der Waals surface area contributed by atoms with Crippen molar-refractivity contribution in [2.24, 2.45) is 0 Å². The molecule has 1 aromatic heterocycles. The standard InChI is InChI=1S/C17H21N3O2/c1-2-22-16-12-15(17(21)18-13-8-6-7-9-13)19-20(16)14-10-4-3-5-11-14/h3-5,10-13H,2,6-9H2,1H3,(H,18,21). The van der Waals surface area contributed by atoms with E-state index >= 15 is 0 Å². The average molecular weight is 299 g/mol. The van der Waals surface area contributed by atoms with Crippen molar-refractivity contribution in [2.45, 2.75) is 38.6 Å². The van der Waals surface area contributed by atoms with Crippen LogP contribution in [-0.4, -0.2) is 28.3 Å². The number of nitrogens with one attached hydrogen (secondary N) is 1. The molecule has 2 aromatic rings. The second kappa shape index (κ2) is 6.64. The van der Waals surface area contributed by atoms with Crippen LogP contribution in [0.1, 0.15) is 43.1 Å². The first-order chi connectivity index (χ1) is 10.8. The molecule has 0 aliphatic heterocycles. The molecule has 1 aliphatic rings. The highest BCUT2D eigenvalue weighted by Crippen LogP contribution is 2.21. The molecule has 5 nitrogen and oxygen atoms in total. The Morgan fingerprint density at radius 1 is 1.32 bits per heavy atom. The molecule has 1 aromatic carbocycles. The molecule has 116 valence electrons. The van der Waals surface area contributed by atoms with E-state index in [2.05, 4.69) is 10.4 Å². The first-order valence-electron chi connectivity index (χ1n) is 7.87.